The van der Waals surface area contributed by atoms with E-state index in [1.165, 1.54) is 4.90 Å². The van der Waals surface area contributed by atoms with Gasteiger partial charge in [0.15, 0.2) is 0 Å². The summed E-state index contributed by atoms with van der Waals surface area (Å²) >= 11 is 7.96. The summed E-state index contributed by atoms with van der Waals surface area (Å²) in [4.78, 5) is 41.9. The maximum absolute atomic E-state index is 13.7. The first-order valence-electron chi connectivity index (χ1n) is 10.2. The number of imide groups is 1. The zero-order chi connectivity index (χ0) is 20.3. The molecule has 3 amide bonds. The molecule has 3 fully saturated rings. The summed E-state index contributed by atoms with van der Waals surface area (Å²) in [6.07, 6.45) is 6.55. The Kier molecular flexibility index (Phi) is 4.68. The van der Waals surface area contributed by atoms with Crippen LogP contribution in [0.3, 0.4) is 0 Å². The van der Waals surface area contributed by atoms with Crippen LogP contribution in [0, 0.1) is 11.8 Å². The van der Waals surface area contributed by atoms with Gasteiger partial charge in [-0.05, 0) is 49.5 Å². The third-order valence-electron chi connectivity index (χ3n) is 7.03. The third kappa shape index (κ3) is 2.63. The predicted octanol–water partition coefficient (Wildman–Crippen LogP) is 2.76. The minimum Gasteiger partial charge on any atom is -0.324 e. The first-order chi connectivity index (χ1) is 14.0. The largest absolute Gasteiger partial charge is 0.324 e. The third-order valence-corrected chi connectivity index (χ3v) is 7.91. The van der Waals surface area contributed by atoms with Crippen molar-refractivity contribution in [1.82, 2.24) is 10.2 Å². The van der Waals surface area contributed by atoms with Crippen molar-refractivity contribution in [2.24, 2.45) is 11.8 Å². The summed E-state index contributed by atoms with van der Waals surface area (Å²) < 4.78 is 0. The normalized spacial score (nSPS) is 33.7. The molecule has 29 heavy (non-hydrogen) atoms. The highest BCUT2D eigenvalue weighted by molar-refractivity contribution is 7.98. The van der Waals surface area contributed by atoms with Gasteiger partial charge in [-0.25, -0.2) is 0 Å². The van der Waals surface area contributed by atoms with E-state index in [4.69, 9.17) is 11.6 Å². The standard InChI is InChI=1S/C21H24ClN3O3S/c1-29-9-8-15-16-17(19(27)25(18(16)26)12-4-2-3-5-12)21(24-15)13-10-11(22)6-7-14(13)23-20(21)28/h6-7,10,12,15-17,24H,2-5,8-9H2,1H3,(H,23,28)/t15-,16-,17-,21+/m1/s1. The monoisotopic (exact) mass is 433 g/mol. The maximum Gasteiger partial charge on any atom is 0.250 e. The fourth-order valence-electron chi connectivity index (χ4n) is 5.81. The minimum absolute atomic E-state index is 0.0258. The number of hydrogen-bond acceptors (Lipinski definition) is 5. The molecule has 3 aliphatic heterocycles. The van der Waals surface area contributed by atoms with E-state index in [1.54, 1.807) is 30.0 Å². The second kappa shape index (κ2) is 7.00. The quantitative estimate of drug-likeness (QED) is 0.714. The van der Waals surface area contributed by atoms with Crippen LogP contribution in [0.2, 0.25) is 5.02 Å². The highest BCUT2D eigenvalue weighted by Crippen LogP contribution is 2.54. The van der Waals surface area contributed by atoms with E-state index < -0.39 is 17.4 Å². The van der Waals surface area contributed by atoms with Crippen molar-refractivity contribution in [2.75, 3.05) is 17.3 Å². The van der Waals surface area contributed by atoms with Gasteiger partial charge in [0.25, 0.3) is 0 Å². The van der Waals surface area contributed by atoms with Gasteiger partial charge in [-0.1, -0.05) is 24.4 Å². The molecule has 3 heterocycles. The molecule has 154 valence electrons. The fraction of sp³-hybridized carbons (Fsp3) is 0.571. The van der Waals surface area contributed by atoms with Gasteiger partial charge in [-0.2, -0.15) is 11.8 Å². The van der Waals surface area contributed by atoms with Crippen LogP contribution in [0.4, 0.5) is 5.69 Å². The van der Waals surface area contributed by atoms with E-state index >= 15 is 0 Å². The molecule has 6 nitrogen and oxygen atoms in total. The van der Waals surface area contributed by atoms with Crippen molar-refractivity contribution >= 4 is 46.8 Å². The molecule has 8 heteroatoms. The van der Waals surface area contributed by atoms with Gasteiger partial charge < -0.3 is 5.32 Å². The van der Waals surface area contributed by atoms with Crippen LogP contribution >= 0.6 is 23.4 Å². The lowest BCUT2D eigenvalue weighted by atomic mass is 9.76. The molecule has 0 radical (unpaired) electrons. The van der Waals surface area contributed by atoms with Crippen LogP contribution < -0.4 is 10.6 Å². The second-order valence-corrected chi connectivity index (χ2v) is 9.89. The van der Waals surface area contributed by atoms with Gasteiger partial charge >= 0.3 is 0 Å². The summed E-state index contributed by atoms with van der Waals surface area (Å²) in [6.45, 7) is 0. The Morgan fingerprint density at radius 3 is 2.69 bits per heavy atom. The van der Waals surface area contributed by atoms with Gasteiger partial charge in [0.1, 0.15) is 5.54 Å². The molecule has 2 N–H and O–H groups in total. The van der Waals surface area contributed by atoms with E-state index in [1.807, 2.05) is 6.26 Å². The smallest absolute Gasteiger partial charge is 0.250 e. The van der Waals surface area contributed by atoms with Gasteiger partial charge in [-0.3, -0.25) is 24.6 Å². The van der Waals surface area contributed by atoms with Crippen molar-refractivity contribution in [1.29, 1.82) is 0 Å². The van der Waals surface area contributed by atoms with Crippen LogP contribution in [-0.2, 0) is 19.9 Å². The average molecular weight is 434 g/mol. The molecule has 1 aliphatic carbocycles. The first kappa shape index (κ1) is 19.4. The molecule has 1 spiro atoms. The highest BCUT2D eigenvalue weighted by atomic mass is 35.5. The van der Waals surface area contributed by atoms with Crippen LogP contribution in [0.25, 0.3) is 0 Å². The van der Waals surface area contributed by atoms with Gasteiger partial charge in [-0.15, -0.1) is 0 Å². The van der Waals surface area contributed by atoms with Crippen molar-refractivity contribution in [3.05, 3.63) is 28.8 Å². The number of anilines is 1. The minimum atomic E-state index is -1.23. The molecule has 0 bridgehead atoms. The zero-order valence-electron chi connectivity index (χ0n) is 16.2. The van der Waals surface area contributed by atoms with Crippen molar-refractivity contribution in [3.63, 3.8) is 0 Å². The Balaban J connectivity index is 1.63. The van der Waals surface area contributed by atoms with Gasteiger partial charge in [0, 0.05) is 28.4 Å². The average Bonchev–Trinajstić information content (AvgIpc) is 3.43. The van der Waals surface area contributed by atoms with Crippen LogP contribution in [-0.4, -0.2) is 46.7 Å². The predicted molar refractivity (Wildman–Crippen MR) is 113 cm³/mol. The lowest BCUT2D eigenvalue weighted by Gasteiger charge is -2.31. The number of nitrogens with one attached hydrogen (secondary N) is 2. The van der Waals surface area contributed by atoms with Crippen LogP contribution in [0.5, 0.6) is 0 Å². The Labute approximate surface area is 179 Å². The number of rotatable bonds is 4. The molecule has 0 aromatic heterocycles. The van der Waals surface area contributed by atoms with Gasteiger partial charge in [0.05, 0.1) is 11.8 Å². The Morgan fingerprint density at radius 1 is 1.21 bits per heavy atom. The molecule has 1 aromatic rings. The Hall–Kier alpha value is -1.57. The number of hydrogen-bond donors (Lipinski definition) is 2. The SMILES string of the molecule is CSCC[C@H]1N[C@]2(C(=O)Nc3ccc(Cl)cc32)[C@H]2C(=O)N(C3CCCC3)C(=O)[C@H]12. The molecule has 2 saturated heterocycles. The summed E-state index contributed by atoms with van der Waals surface area (Å²) in [5, 5.41) is 6.88. The van der Waals surface area contributed by atoms with E-state index in [0.29, 0.717) is 16.3 Å². The number of benzene rings is 1. The van der Waals surface area contributed by atoms with E-state index in [9.17, 15) is 14.4 Å². The highest BCUT2D eigenvalue weighted by Gasteiger charge is 2.70. The zero-order valence-corrected chi connectivity index (χ0v) is 17.8. The number of nitrogens with zero attached hydrogens (tertiary/aromatic N) is 1. The topological polar surface area (TPSA) is 78.5 Å². The number of likely N-dealkylation sites (tertiary alicyclic amines) is 1. The number of carbonyl (C=O) groups is 3. The second-order valence-electron chi connectivity index (χ2n) is 8.47. The lowest BCUT2D eigenvalue weighted by Crippen LogP contribution is -2.54. The summed E-state index contributed by atoms with van der Waals surface area (Å²) in [7, 11) is 0. The number of thioether (sulfide) groups is 1. The van der Waals surface area contributed by atoms with E-state index in [-0.39, 0.29) is 29.8 Å². The molecular weight excluding hydrogens is 410 g/mol. The number of fused-ring (bicyclic) bond motifs is 4. The number of halogens is 1. The molecule has 1 saturated carbocycles. The van der Waals surface area contributed by atoms with Gasteiger partial charge in [0.2, 0.25) is 17.7 Å². The van der Waals surface area contributed by atoms with Crippen molar-refractivity contribution in [3.8, 4) is 0 Å². The van der Waals surface area contributed by atoms with E-state index in [2.05, 4.69) is 10.6 Å². The number of carbonyl (C=O) groups excluding carboxylic acids is 3. The Bertz CT molecular complexity index is 903. The lowest BCUT2D eigenvalue weighted by molar-refractivity contribution is -0.145. The van der Waals surface area contributed by atoms with Crippen LogP contribution in [0.1, 0.15) is 37.7 Å². The molecular formula is C21H24ClN3O3S. The molecule has 1 aromatic carbocycles. The van der Waals surface area contributed by atoms with Crippen molar-refractivity contribution < 1.29 is 14.4 Å². The molecule has 4 atom stereocenters. The molecule has 5 rings (SSSR count). The fourth-order valence-corrected chi connectivity index (χ4v) is 6.47. The van der Waals surface area contributed by atoms with Crippen molar-refractivity contribution in [2.45, 2.75) is 49.7 Å². The molecule has 0 unspecified atom stereocenters. The van der Waals surface area contributed by atoms with E-state index in [0.717, 1.165) is 37.9 Å². The Morgan fingerprint density at radius 2 is 1.97 bits per heavy atom. The number of amides is 3. The first-order valence-corrected chi connectivity index (χ1v) is 12.0. The maximum atomic E-state index is 13.7. The summed E-state index contributed by atoms with van der Waals surface area (Å²) in [6, 6.07) is 5.01. The van der Waals surface area contributed by atoms with Crippen LogP contribution in [0.15, 0.2) is 18.2 Å². The summed E-state index contributed by atoms with van der Waals surface area (Å²) in [5.74, 6) is -0.940. The summed E-state index contributed by atoms with van der Waals surface area (Å²) in [5.41, 5.74) is 0.121. The molecule has 4 aliphatic rings.